The highest BCUT2D eigenvalue weighted by Crippen LogP contribution is 2.19. The smallest absolute Gasteiger partial charge is 0.307 e. The van der Waals surface area contributed by atoms with Gasteiger partial charge in [0.25, 0.3) is 0 Å². The van der Waals surface area contributed by atoms with Crippen LogP contribution in [0.25, 0.3) is 10.8 Å². The second-order valence-corrected chi connectivity index (χ2v) is 8.05. The van der Waals surface area contributed by atoms with E-state index >= 15 is 0 Å². The zero-order valence-corrected chi connectivity index (χ0v) is 16.5. The first-order chi connectivity index (χ1) is 13.9. The molecule has 0 saturated carbocycles. The van der Waals surface area contributed by atoms with Crippen LogP contribution in [0.2, 0.25) is 0 Å². The molecule has 6 nitrogen and oxygen atoms in total. The molecule has 0 aliphatic carbocycles. The molecule has 152 valence electrons. The summed E-state index contributed by atoms with van der Waals surface area (Å²) >= 11 is 0. The molecule has 0 aliphatic rings. The van der Waals surface area contributed by atoms with Crippen LogP contribution in [0.3, 0.4) is 0 Å². The summed E-state index contributed by atoms with van der Waals surface area (Å²) in [6.45, 7) is -0.220. The van der Waals surface area contributed by atoms with Gasteiger partial charge < -0.3 is 9.47 Å². The summed E-state index contributed by atoms with van der Waals surface area (Å²) < 4.78 is 50.7. The van der Waals surface area contributed by atoms with Gasteiger partial charge in [-0.1, -0.05) is 36.4 Å². The standard InChI is InChI=1S/C21H20FNO5S/c1-27-20-9-6-15(12-19(20)22)14-28-21(24)10-11-23-29(25,26)18-8-7-16-4-2-3-5-17(16)13-18/h2-9,12-13,23H,10-11,14H2,1H3. The molecule has 0 fully saturated rings. The van der Waals surface area contributed by atoms with Gasteiger partial charge in [0, 0.05) is 6.54 Å². The van der Waals surface area contributed by atoms with Gasteiger partial charge in [-0.2, -0.15) is 0 Å². The molecule has 0 radical (unpaired) electrons. The van der Waals surface area contributed by atoms with E-state index in [9.17, 15) is 17.6 Å². The quantitative estimate of drug-likeness (QED) is 0.568. The molecule has 3 rings (SSSR count). The Labute approximate surface area is 168 Å². The van der Waals surface area contributed by atoms with E-state index in [-0.39, 0.29) is 30.2 Å². The van der Waals surface area contributed by atoms with Crippen molar-refractivity contribution in [2.75, 3.05) is 13.7 Å². The predicted molar refractivity (Wildman–Crippen MR) is 107 cm³/mol. The average Bonchev–Trinajstić information content (AvgIpc) is 2.72. The zero-order valence-electron chi connectivity index (χ0n) is 15.7. The van der Waals surface area contributed by atoms with E-state index in [0.717, 1.165) is 10.8 Å². The molecule has 0 amide bonds. The first kappa shape index (κ1) is 20.8. The fourth-order valence-electron chi connectivity index (χ4n) is 2.74. The number of sulfonamides is 1. The van der Waals surface area contributed by atoms with Crippen molar-refractivity contribution in [3.05, 3.63) is 72.0 Å². The molecule has 8 heteroatoms. The van der Waals surface area contributed by atoms with Crippen molar-refractivity contribution in [2.45, 2.75) is 17.9 Å². The van der Waals surface area contributed by atoms with Gasteiger partial charge in [0.15, 0.2) is 11.6 Å². The number of ether oxygens (including phenoxy) is 2. The van der Waals surface area contributed by atoms with Crippen LogP contribution in [0.4, 0.5) is 4.39 Å². The molecule has 0 unspecified atom stereocenters. The molecule has 0 saturated heterocycles. The number of hydrogen-bond donors (Lipinski definition) is 1. The number of rotatable bonds is 8. The summed E-state index contributed by atoms with van der Waals surface area (Å²) in [4.78, 5) is 12.0. The third kappa shape index (κ3) is 5.30. The van der Waals surface area contributed by atoms with Gasteiger partial charge in [-0.25, -0.2) is 17.5 Å². The normalized spacial score (nSPS) is 11.4. The zero-order chi connectivity index (χ0) is 20.9. The van der Waals surface area contributed by atoms with E-state index < -0.39 is 21.8 Å². The Hall–Kier alpha value is -2.97. The third-order valence-corrected chi connectivity index (χ3v) is 5.73. The highest BCUT2D eigenvalue weighted by Gasteiger charge is 2.15. The lowest BCUT2D eigenvalue weighted by atomic mass is 10.1. The monoisotopic (exact) mass is 417 g/mol. The first-order valence-corrected chi connectivity index (χ1v) is 10.3. The van der Waals surface area contributed by atoms with Crippen LogP contribution in [-0.2, 0) is 26.2 Å². The van der Waals surface area contributed by atoms with Gasteiger partial charge in [-0.3, -0.25) is 4.79 Å². The summed E-state index contributed by atoms with van der Waals surface area (Å²) in [6.07, 6.45) is -0.147. The molecular formula is C21H20FNO5S. The number of nitrogens with one attached hydrogen (secondary N) is 1. The molecule has 0 atom stereocenters. The molecule has 29 heavy (non-hydrogen) atoms. The topological polar surface area (TPSA) is 81.7 Å². The number of carbonyl (C=O) groups is 1. The van der Waals surface area contributed by atoms with Crippen molar-refractivity contribution in [3.8, 4) is 5.75 Å². The van der Waals surface area contributed by atoms with E-state index in [1.165, 1.54) is 25.3 Å². The fraction of sp³-hybridized carbons (Fsp3) is 0.190. The van der Waals surface area contributed by atoms with Gasteiger partial charge in [0.2, 0.25) is 10.0 Å². The van der Waals surface area contributed by atoms with Gasteiger partial charge in [-0.15, -0.1) is 0 Å². The molecule has 0 aliphatic heterocycles. The van der Waals surface area contributed by atoms with Gasteiger partial charge in [0.1, 0.15) is 6.61 Å². The number of fused-ring (bicyclic) bond motifs is 1. The lowest BCUT2D eigenvalue weighted by Gasteiger charge is -2.09. The van der Waals surface area contributed by atoms with E-state index in [4.69, 9.17) is 9.47 Å². The lowest BCUT2D eigenvalue weighted by Crippen LogP contribution is -2.26. The van der Waals surface area contributed by atoms with Crippen LogP contribution < -0.4 is 9.46 Å². The van der Waals surface area contributed by atoms with Crippen molar-refractivity contribution in [1.29, 1.82) is 0 Å². The number of benzene rings is 3. The minimum absolute atomic E-state index is 0.100. The maximum Gasteiger partial charge on any atom is 0.307 e. The number of esters is 1. The Bertz CT molecular complexity index is 1130. The maximum absolute atomic E-state index is 13.6. The van der Waals surface area contributed by atoms with Crippen molar-refractivity contribution in [1.82, 2.24) is 4.72 Å². The SMILES string of the molecule is COc1ccc(COC(=O)CCNS(=O)(=O)c2ccc3ccccc3c2)cc1F. The fourth-order valence-corrected chi connectivity index (χ4v) is 3.81. The minimum Gasteiger partial charge on any atom is -0.494 e. The lowest BCUT2D eigenvalue weighted by molar-refractivity contribution is -0.144. The highest BCUT2D eigenvalue weighted by molar-refractivity contribution is 7.89. The summed E-state index contributed by atoms with van der Waals surface area (Å²) in [5.74, 6) is -1.05. The number of halogens is 1. The van der Waals surface area contributed by atoms with E-state index in [2.05, 4.69) is 4.72 Å². The van der Waals surface area contributed by atoms with Crippen LogP contribution in [0.1, 0.15) is 12.0 Å². The van der Waals surface area contributed by atoms with Gasteiger partial charge in [-0.05, 0) is 40.6 Å². The van der Waals surface area contributed by atoms with Gasteiger partial charge in [0.05, 0.1) is 18.4 Å². The van der Waals surface area contributed by atoms with E-state index in [1.807, 2.05) is 24.3 Å². The largest absolute Gasteiger partial charge is 0.494 e. The molecule has 0 aromatic heterocycles. The Kier molecular flexibility index (Phi) is 6.46. The van der Waals surface area contributed by atoms with E-state index in [0.29, 0.717) is 5.56 Å². The van der Waals surface area contributed by atoms with Crippen LogP contribution in [0.15, 0.2) is 65.6 Å². The maximum atomic E-state index is 13.6. The molecule has 3 aromatic carbocycles. The second kappa shape index (κ2) is 9.02. The van der Waals surface area contributed by atoms with E-state index in [1.54, 1.807) is 18.2 Å². The third-order valence-electron chi connectivity index (χ3n) is 4.27. The van der Waals surface area contributed by atoms with Crippen LogP contribution in [0, 0.1) is 5.82 Å². The van der Waals surface area contributed by atoms with Crippen molar-refractivity contribution >= 4 is 26.8 Å². The van der Waals surface area contributed by atoms with Crippen LogP contribution in [0.5, 0.6) is 5.75 Å². The summed E-state index contributed by atoms with van der Waals surface area (Å²) in [5, 5.41) is 1.74. The highest BCUT2D eigenvalue weighted by atomic mass is 32.2. The second-order valence-electron chi connectivity index (χ2n) is 6.29. The molecule has 0 spiro atoms. The Morgan fingerprint density at radius 3 is 2.52 bits per heavy atom. The van der Waals surface area contributed by atoms with Gasteiger partial charge >= 0.3 is 5.97 Å². The van der Waals surface area contributed by atoms with Crippen molar-refractivity contribution < 1.29 is 27.1 Å². The minimum atomic E-state index is -3.75. The molecule has 1 N–H and O–H groups in total. The van der Waals surface area contributed by atoms with Crippen LogP contribution in [-0.4, -0.2) is 28.0 Å². The van der Waals surface area contributed by atoms with Crippen LogP contribution >= 0.6 is 0 Å². The van der Waals surface area contributed by atoms with Crippen molar-refractivity contribution in [3.63, 3.8) is 0 Å². The predicted octanol–water partition coefficient (Wildman–Crippen LogP) is 3.40. The average molecular weight is 417 g/mol. The summed E-state index contributed by atoms with van der Waals surface area (Å²) in [6, 6.07) is 16.5. The molecular weight excluding hydrogens is 397 g/mol. The molecule has 0 heterocycles. The first-order valence-electron chi connectivity index (χ1n) is 8.85. The Morgan fingerprint density at radius 1 is 1.03 bits per heavy atom. The number of methoxy groups -OCH3 is 1. The Balaban J connectivity index is 1.51. The number of carbonyl (C=O) groups excluding carboxylic acids is 1. The number of hydrogen-bond acceptors (Lipinski definition) is 5. The van der Waals surface area contributed by atoms with Crippen molar-refractivity contribution in [2.24, 2.45) is 0 Å². The summed E-state index contributed by atoms with van der Waals surface area (Å²) in [7, 11) is -2.39. The summed E-state index contributed by atoms with van der Waals surface area (Å²) in [5.41, 5.74) is 0.466. The Morgan fingerprint density at radius 2 is 1.79 bits per heavy atom. The molecule has 0 bridgehead atoms. The molecule has 3 aromatic rings.